The van der Waals surface area contributed by atoms with Crippen molar-refractivity contribution in [3.8, 4) is 11.5 Å². The van der Waals surface area contributed by atoms with Crippen LogP contribution in [0, 0.1) is 11.2 Å². The van der Waals surface area contributed by atoms with Crippen LogP contribution in [0.2, 0.25) is 0 Å². The van der Waals surface area contributed by atoms with Gasteiger partial charge >= 0.3 is 0 Å². The summed E-state index contributed by atoms with van der Waals surface area (Å²) in [6.45, 7) is 8.71. The van der Waals surface area contributed by atoms with Crippen molar-refractivity contribution in [3.63, 3.8) is 0 Å². The molecule has 0 amide bonds. The number of hydrogen-bond donors (Lipinski definition) is 3. The lowest BCUT2D eigenvalue weighted by Gasteiger charge is -2.24. The topological polar surface area (TPSA) is 94.9 Å². The van der Waals surface area contributed by atoms with Gasteiger partial charge in [-0.25, -0.2) is 9.38 Å². The summed E-state index contributed by atoms with van der Waals surface area (Å²) in [4.78, 5) is 10.3. The van der Waals surface area contributed by atoms with Gasteiger partial charge in [0.25, 0.3) is 0 Å². The first kappa shape index (κ1) is 22.6. The molecule has 0 saturated carbocycles. The van der Waals surface area contributed by atoms with Crippen LogP contribution in [0.1, 0.15) is 51.1 Å². The Kier molecular flexibility index (Phi) is 6.48. The van der Waals surface area contributed by atoms with Gasteiger partial charge in [0.1, 0.15) is 42.0 Å². The number of halogens is 1. The first-order valence-electron chi connectivity index (χ1n) is 11.0. The van der Waals surface area contributed by atoms with Crippen LogP contribution in [0.15, 0.2) is 53.5 Å². The highest BCUT2D eigenvalue weighted by molar-refractivity contribution is 6.04. The van der Waals surface area contributed by atoms with E-state index in [0.29, 0.717) is 36.0 Å². The third-order valence-electron chi connectivity index (χ3n) is 5.32. The molecule has 3 heterocycles. The maximum absolute atomic E-state index is 14.1. The standard InChI is InChI=1S/C24H29FN6O2/c1-14(2)28-23(29-16(4)26)21-13-31-9-10-32-22-11-17(5-6-19(22)24(31)30-21)33-15(3)18-7-8-27-12-20(18)25/h5-8,11-15,24,30H,9-10H2,1-4H3,(H2,26,28,29). The summed E-state index contributed by atoms with van der Waals surface area (Å²) in [5.41, 5.74) is 2.24. The van der Waals surface area contributed by atoms with Crippen molar-refractivity contribution in [1.82, 2.24) is 20.5 Å². The molecular weight excluding hydrogens is 423 g/mol. The summed E-state index contributed by atoms with van der Waals surface area (Å²) < 4.78 is 26.1. The first-order chi connectivity index (χ1) is 15.8. The molecule has 2 aromatic rings. The normalized spacial score (nSPS) is 18.4. The molecular formula is C24H29FN6O2. The molecule has 1 aromatic carbocycles. The predicted octanol–water partition coefficient (Wildman–Crippen LogP) is 3.89. The van der Waals surface area contributed by atoms with E-state index < -0.39 is 11.9 Å². The average Bonchev–Trinajstić information content (AvgIpc) is 3.09. The SMILES string of the molecule is CC(=N)/N=C(\NC(C)C)C1=CN2CCOc3cc(OC(C)c4ccncc4F)ccc3C2N1. The third-order valence-corrected chi connectivity index (χ3v) is 5.32. The van der Waals surface area contributed by atoms with Crippen molar-refractivity contribution in [1.29, 1.82) is 5.41 Å². The maximum Gasteiger partial charge on any atom is 0.153 e. The van der Waals surface area contributed by atoms with Gasteiger partial charge in [0.2, 0.25) is 0 Å². The van der Waals surface area contributed by atoms with Crippen molar-refractivity contribution in [2.75, 3.05) is 13.2 Å². The first-order valence-corrected chi connectivity index (χ1v) is 11.0. The van der Waals surface area contributed by atoms with E-state index in [0.717, 1.165) is 11.3 Å². The van der Waals surface area contributed by atoms with E-state index in [9.17, 15) is 4.39 Å². The number of aliphatic imine (C=N–C) groups is 1. The fraction of sp³-hybridized carbons (Fsp3) is 0.375. The molecule has 0 radical (unpaired) electrons. The van der Waals surface area contributed by atoms with Crippen molar-refractivity contribution in [2.24, 2.45) is 4.99 Å². The molecule has 8 nitrogen and oxygen atoms in total. The van der Waals surface area contributed by atoms with Gasteiger partial charge in [-0.2, -0.15) is 0 Å². The molecule has 0 bridgehead atoms. The van der Waals surface area contributed by atoms with Crippen molar-refractivity contribution in [2.45, 2.75) is 46.0 Å². The zero-order chi connectivity index (χ0) is 23.5. The van der Waals surface area contributed by atoms with E-state index in [-0.39, 0.29) is 18.0 Å². The summed E-state index contributed by atoms with van der Waals surface area (Å²) >= 11 is 0. The van der Waals surface area contributed by atoms with Crippen LogP contribution in [0.5, 0.6) is 11.5 Å². The maximum atomic E-state index is 14.1. The Bertz CT molecular complexity index is 1100. The van der Waals surface area contributed by atoms with Crippen molar-refractivity contribution < 1.29 is 13.9 Å². The molecule has 2 aliphatic heterocycles. The summed E-state index contributed by atoms with van der Waals surface area (Å²) in [5, 5.41) is 14.6. The van der Waals surface area contributed by atoms with Gasteiger partial charge in [-0.05, 0) is 45.9 Å². The number of nitrogens with zero attached hydrogens (tertiary/aromatic N) is 3. The largest absolute Gasteiger partial charge is 0.491 e. The smallest absolute Gasteiger partial charge is 0.153 e. The number of benzene rings is 1. The monoisotopic (exact) mass is 452 g/mol. The Hall–Kier alpha value is -3.62. The second kappa shape index (κ2) is 9.48. The highest BCUT2D eigenvalue weighted by Gasteiger charge is 2.32. The lowest BCUT2D eigenvalue weighted by atomic mass is 10.1. The minimum atomic E-state index is -0.476. The fourth-order valence-corrected chi connectivity index (χ4v) is 3.88. The number of hydrogen-bond acceptors (Lipinski definition) is 6. The number of fused-ring (bicyclic) bond motifs is 3. The van der Waals surface area contributed by atoms with E-state index in [1.165, 1.54) is 6.20 Å². The van der Waals surface area contributed by atoms with Gasteiger partial charge in [-0.15, -0.1) is 0 Å². The van der Waals surface area contributed by atoms with E-state index in [1.807, 2.05) is 38.2 Å². The molecule has 0 aliphatic carbocycles. The molecule has 0 saturated heterocycles. The van der Waals surface area contributed by atoms with Gasteiger partial charge in [0.15, 0.2) is 5.84 Å². The number of rotatable bonds is 5. The van der Waals surface area contributed by atoms with E-state index >= 15 is 0 Å². The molecule has 2 atom stereocenters. The Morgan fingerprint density at radius 2 is 2.18 bits per heavy atom. The molecule has 9 heteroatoms. The van der Waals surface area contributed by atoms with Crippen LogP contribution >= 0.6 is 0 Å². The minimum absolute atomic E-state index is 0.133. The lowest BCUT2D eigenvalue weighted by molar-refractivity contribution is 0.219. The zero-order valence-corrected chi connectivity index (χ0v) is 19.2. The van der Waals surface area contributed by atoms with Crippen molar-refractivity contribution >= 4 is 11.7 Å². The fourth-order valence-electron chi connectivity index (χ4n) is 3.88. The molecule has 174 valence electrons. The Morgan fingerprint density at radius 3 is 2.91 bits per heavy atom. The van der Waals surface area contributed by atoms with Crippen LogP contribution < -0.4 is 20.1 Å². The Balaban J connectivity index is 1.55. The molecule has 2 unspecified atom stereocenters. The summed E-state index contributed by atoms with van der Waals surface area (Å²) in [7, 11) is 0. The lowest BCUT2D eigenvalue weighted by Crippen LogP contribution is -2.36. The van der Waals surface area contributed by atoms with Gasteiger partial charge in [0, 0.05) is 35.6 Å². The molecule has 1 aromatic heterocycles. The molecule has 3 N–H and O–H groups in total. The zero-order valence-electron chi connectivity index (χ0n) is 19.2. The predicted molar refractivity (Wildman–Crippen MR) is 125 cm³/mol. The molecule has 4 rings (SSSR count). The number of aromatic nitrogens is 1. The molecule has 33 heavy (non-hydrogen) atoms. The van der Waals surface area contributed by atoms with Crippen LogP contribution in [-0.2, 0) is 0 Å². The molecule has 0 fully saturated rings. The number of pyridine rings is 1. The second-order valence-electron chi connectivity index (χ2n) is 8.38. The van der Waals surface area contributed by atoms with E-state index in [2.05, 4.69) is 25.5 Å². The molecule has 2 aliphatic rings. The highest BCUT2D eigenvalue weighted by atomic mass is 19.1. The second-order valence-corrected chi connectivity index (χ2v) is 8.38. The quantitative estimate of drug-likeness (QED) is 0.471. The summed E-state index contributed by atoms with van der Waals surface area (Å²) in [6, 6.07) is 7.46. The minimum Gasteiger partial charge on any atom is -0.491 e. The van der Waals surface area contributed by atoms with E-state index in [4.69, 9.17) is 14.9 Å². The van der Waals surface area contributed by atoms with Crippen LogP contribution in [0.4, 0.5) is 4.39 Å². The summed E-state index contributed by atoms with van der Waals surface area (Å²) in [5.74, 6) is 1.78. The van der Waals surface area contributed by atoms with Crippen LogP contribution in [0.25, 0.3) is 0 Å². The van der Waals surface area contributed by atoms with Gasteiger partial charge in [0.05, 0.1) is 18.4 Å². The highest BCUT2D eigenvalue weighted by Crippen LogP contribution is 2.37. The number of nitrogens with one attached hydrogen (secondary N) is 3. The molecule has 0 spiro atoms. The van der Waals surface area contributed by atoms with Crippen LogP contribution in [0.3, 0.4) is 0 Å². The van der Waals surface area contributed by atoms with Gasteiger partial charge in [-0.1, -0.05) is 0 Å². The summed E-state index contributed by atoms with van der Waals surface area (Å²) in [6.07, 6.45) is 4.14. The van der Waals surface area contributed by atoms with Crippen LogP contribution in [-0.4, -0.2) is 40.7 Å². The average molecular weight is 453 g/mol. The Morgan fingerprint density at radius 1 is 1.36 bits per heavy atom. The van der Waals surface area contributed by atoms with E-state index in [1.54, 1.807) is 26.1 Å². The number of ether oxygens (including phenoxy) is 2. The van der Waals surface area contributed by atoms with Gasteiger partial charge < -0.3 is 25.0 Å². The third kappa shape index (κ3) is 5.08. The van der Waals surface area contributed by atoms with Gasteiger partial charge in [-0.3, -0.25) is 10.4 Å². The Labute approximate surface area is 193 Å². The van der Waals surface area contributed by atoms with Crippen molar-refractivity contribution in [3.05, 3.63) is 65.5 Å². The number of amidine groups is 2.